The molecular weight excluding hydrogens is 406 g/mol. The summed E-state index contributed by atoms with van der Waals surface area (Å²) < 4.78 is 2.85. The lowest BCUT2D eigenvalue weighted by atomic mass is 10.1. The van der Waals surface area contributed by atoms with Crippen molar-refractivity contribution in [1.29, 1.82) is 0 Å². The second kappa shape index (κ2) is 7.72. The average molecular weight is 432 g/mol. The summed E-state index contributed by atoms with van der Waals surface area (Å²) in [7, 11) is 0. The van der Waals surface area contributed by atoms with E-state index in [2.05, 4.69) is 50.3 Å². The first-order valence-corrected chi connectivity index (χ1v) is 10.6. The maximum atomic E-state index is 12.8. The molecule has 1 aliphatic heterocycles. The van der Waals surface area contributed by atoms with Gasteiger partial charge >= 0.3 is 0 Å². The van der Waals surface area contributed by atoms with Gasteiger partial charge in [-0.2, -0.15) is 0 Å². The minimum absolute atomic E-state index is 0.0942. The number of hydrogen-bond donors (Lipinski definition) is 1. The molecule has 0 spiro atoms. The fraction of sp³-hybridized carbons (Fsp3) is 0.550. The van der Waals surface area contributed by atoms with E-state index in [1.807, 2.05) is 28.9 Å². The Balaban J connectivity index is 1.47. The average Bonchev–Trinajstić information content (AvgIpc) is 3.20. The Labute approximate surface area is 168 Å². The summed E-state index contributed by atoms with van der Waals surface area (Å²) >= 11 is 3.46. The lowest BCUT2D eigenvalue weighted by Crippen LogP contribution is -2.33. The summed E-state index contributed by atoms with van der Waals surface area (Å²) in [5.41, 5.74) is 2.37. The van der Waals surface area contributed by atoms with Crippen LogP contribution in [0.3, 0.4) is 0 Å². The van der Waals surface area contributed by atoms with Crippen molar-refractivity contribution < 1.29 is 4.79 Å². The van der Waals surface area contributed by atoms with Crippen LogP contribution in [0.5, 0.6) is 0 Å². The fourth-order valence-corrected chi connectivity index (χ4v) is 4.03. The third kappa shape index (κ3) is 4.09. The lowest BCUT2D eigenvalue weighted by molar-refractivity contribution is 0.0941. The molecule has 1 N–H and O–H groups in total. The standard InChI is InChI=1S/C20H26BrN5O/c1-13(2)25-10-9-14(12-25)11-22-20(27)18-19(15-3-4-15)26(24-23-18)17-7-5-16(21)6-8-17/h5-8,13-15H,3-4,9-12H2,1-2H3,(H,22,27). The summed E-state index contributed by atoms with van der Waals surface area (Å²) in [4.78, 5) is 15.3. The Morgan fingerprint density at radius 1 is 1.26 bits per heavy atom. The smallest absolute Gasteiger partial charge is 0.273 e. The first-order chi connectivity index (χ1) is 13.0. The van der Waals surface area contributed by atoms with Gasteiger partial charge in [0.1, 0.15) is 0 Å². The number of nitrogens with zero attached hydrogens (tertiary/aromatic N) is 4. The molecule has 1 saturated heterocycles. The Hall–Kier alpha value is -1.73. The minimum Gasteiger partial charge on any atom is -0.350 e. The number of halogens is 1. The third-order valence-corrected chi connectivity index (χ3v) is 6.08. The van der Waals surface area contributed by atoms with Gasteiger partial charge in [-0.3, -0.25) is 4.79 Å². The summed E-state index contributed by atoms with van der Waals surface area (Å²) in [6.45, 7) is 7.33. The van der Waals surface area contributed by atoms with E-state index in [4.69, 9.17) is 0 Å². The largest absolute Gasteiger partial charge is 0.350 e. The number of nitrogens with one attached hydrogen (secondary N) is 1. The van der Waals surface area contributed by atoms with Gasteiger partial charge in [0.2, 0.25) is 0 Å². The molecule has 2 fully saturated rings. The molecule has 2 aliphatic rings. The zero-order chi connectivity index (χ0) is 19.0. The van der Waals surface area contributed by atoms with Crippen LogP contribution in [-0.4, -0.2) is 51.5 Å². The van der Waals surface area contributed by atoms with E-state index >= 15 is 0 Å². The Morgan fingerprint density at radius 3 is 2.63 bits per heavy atom. The number of aromatic nitrogens is 3. The summed E-state index contributed by atoms with van der Waals surface area (Å²) in [6.07, 6.45) is 3.33. The molecule has 7 heteroatoms. The number of rotatable bonds is 6. The van der Waals surface area contributed by atoms with E-state index in [-0.39, 0.29) is 5.91 Å². The first kappa shape index (κ1) is 18.6. The summed E-state index contributed by atoms with van der Waals surface area (Å²) in [6, 6.07) is 8.51. The van der Waals surface area contributed by atoms with Crippen molar-refractivity contribution >= 4 is 21.8 Å². The third-order valence-electron chi connectivity index (χ3n) is 5.55. The van der Waals surface area contributed by atoms with Crippen molar-refractivity contribution in [2.45, 2.75) is 45.1 Å². The van der Waals surface area contributed by atoms with E-state index in [0.29, 0.717) is 30.1 Å². The maximum Gasteiger partial charge on any atom is 0.273 e. The summed E-state index contributed by atoms with van der Waals surface area (Å²) in [5.74, 6) is 0.804. The van der Waals surface area contributed by atoms with Crippen LogP contribution in [0.15, 0.2) is 28.7 Å². The van der Waals surface area contributed by atoms with Crippen LogP contribution in [0.25, 0.3) is 5.69 Å². The molecule has 1 atom stereocenters. The molecule has 1 aliphatic carbocycles. The number of carbonyl (C=O) groups is 1. The van der Waals surface area contributed by atoms with Crippen LogP contribution < -0.4 is 5.32 Å². The van der Waals surface area contributed by atoms with Gasteiger partial charge in [0.25, 0.3) is 5.91 Å². The minimum atomic E-state index is -0.0942. The van der Waals surface area contributed by atoms with Crippen LogP contribution >= 0.6 is 15.9 Å². The molecule has 4 rings (SSSR count). The summed E-state index contributed by atoms with van der Waals surface area (Å²) in [5, 5.41) is 11.6. The monoisotopic (exact) mass is 431 g/mol. The number of hydrogen-bond acceptors (Lipinski definition) is 4. The Morgan fingerprint density at radius 2 is 2.00 bits per heavy atom. The zero-order valence-electron chi connectivity index (χ0n) is 15.9. The highest BCUT2D eigenvalue weighted by Gasteiger charge is 2.34. The number of benzene rings is 1. The van der Waals surface area contributed by atoms with E-state index in [9.17, 15) is 4.79 Å². The van der Waals surface area contributed by atoms with Crippen LogP contribution in [0.2, 0.25) is 0 Å². The van der Waals surface area contributed by atoms with E-state index in [1.54, 1.807) is 0 Å². The SMILES string of the molecule is CC(C)N1CCC(CNC(=O)c2nnn(-c3ccc(Br)cc3)c2C2CC2)C1. The van der Waals surface area contributed by atoms with Crippen LogP contribution in [-0.2, 0) is 0 Å². The molecule has 1 saturated carbocycles. The molecule has 1 amide bonds. The molecule has 6 nitrogen and oxygen atoms in total. The van der Waals surface area contributed by atoms with Crippen LogP contribution in [0.1, 0.15) is 55.2 Å². The van der Waals surface area contributed by atoms with Gasteiger partial charge in [-0.25, -0.2) is 4.68 Å². The van der Waals surface area contributed by atoms with Gasteiger partial charge in [-0.1, -0.05) is 21.1 Å². The normalized spacial score (nSPS) is 20.4. The highest BCUT2D eigenvalue weighted by molar-refractivity contribution is 9.10. The van der Waals surface area contributed by atoms with Crippen LogP contribution in [0.4, 0.5) is 0 Å². The van der Waals surface area contributed by atoms with Gasteiger partial charge in [0, 0.05) is 29.5 Å². The molecule has 2 aromatic rings. The van der Waals surface area contributed by atoms with Crippen molar-refractivity contribution in [2.75, 3.05) is 19.6 Å². The zero-order valence-corrected chi connectivity index (χ0v) is 17.4. The van der Waals surface area contributed by atoms with Crippen LogP contribution in [0, 0.1) is 5.92 Å². The second-order valence-electron chi connectivity index (χ2n) is 7.94. The molecule has 1 aromatic carbocycles. The predicted octanol–water partition coefficient (Wildman–Crippen LogP) is 3.37. The predicted molar refractivity (Wildman–Crippen MR) is 108 cm³/mol. The van der Waals surface area contributed by atoms with E-state index in [0.717, 1.165) is 48.2 Å². The molecule has 2 heterocycles. The van der Waals surface area contributed by atoms with Crippen molar-refractivity contribution in [3.63, 3.8) is 0 Å². The lowest BCUT2D eigenvalue weighted by Gasteiger charge is -2.20. The molecule has 27 heavy (non-hydrogen) atoms. The van der Waals surface area contributed by atoms with Crippen molar-refractivity contribution in [3.05, 3.63) is 40.1 Å². The van der Waals surface area contributed by atoms with Crippen molar-refractivity contribution in [3.8, 4) is 5.69 Å². The fourth-order valence-electron chi connectivity index (χ4n) is 3.77. The second-order valence-corrected chi connectivity index (χ2v) is 8.85. The molecule has 0 bridgehead atoms. The molecule has 0 radical (unpaired) electrons. The maximum absolute atomic E-state index is 12.8. The van der Waals surface area contributed by atoms with E-state index in [1.165, 1.54) is 0 Å². The van der Waals surface area contributed by atoms with Gasteiger partial charge in [0.15, 0.2) is 5.69 Å². The highest BCUT2D eigenvalue weighted by atomic mass is 79.9. The van der Waals surface area contributed by atoms with E-state index < -0.39 is 0 Å². The number of carbonyl (C=O) groups excluding carboxylic acids is 1. The first-order valence-electron chi connectivity index (χ1n) is 9.76. The van der Waals surface area contributed by atoms with Gasteiger partial charge in [-0.15, -0.1) is 5.10 Å². The number of likely N-dealkylation sites (tertiary alicyclic amines) is 1. The van der Waals surface area contributed by atoms with Crippen molar-refractivity contribution in [1.82, 2.24) is 25.2 Å². The number of amides is 1. The van der Waals surface area contributed by atoms with Crippen molar-refractivity contribution in [2.24, 2.45) is 5.92 Å². The molecule has 1 aromatic heterocycles. The quantitative estimate of drug-likeness (QED) is 0.761. The highest BCUT2D eigenvalue weighted by Crippen LogP contribution is 2.42. The van der Waals surface area contributed by atoms with Gasteiger partial charge < -0.3 is 10.2 Å². The van der Waals surface area contributed by atoms with Gasteiger partial charge in [-0.05, 0) is 69.8 Å². The Bertz CT molecular complexity index is 812. The molecule has 1 unspecified atom stereocenters. The Kier molecular flexibility index (Phi) is 5.32. The molecule has 144 valence electrons. The topological polar surface area (TPSA) is 63.1 Å². The van der Waals surface area contributed by atoms with Gasteiger partial charge in [0.05, 0.1) is 11.4 Å². The molecular formula is C20H26BrN5O.